The van der Waals surface area contributed by atoms with Gasteiger partial charge in [0.25, 0.3) is 11.7 Å². The SMILES string of the molecule is Cc1nn(C)c(C)c1/C(O)=C1\C(=O)C(=O)N(Cc2cccnc2)C1c1cccc(F)c1. The van der Waals surface area contributed by atoms with Gasteiger partial charge < -0.3 is 10.0 Å². The van der Waals surface area contributed by atoms with Gasteiger partial charge in [0, 0.05) is 31.7 Å². The minimum Gasteiger partial charge on any atom is -0.507 e. The Balaban J connectivity index is 1.92. The van der Waals surface area contributed by atoms with Gasteiger partial charge in [0.15, 0.2) is 0 Å². The molecule has 2 aromatic heterocycles. The maximum atomic E-state index is 14.1. The number of aromatic nitrogens is 3. The van der Waals surface area contributed by atoms with Crippen LogP contribution in [0, 0.1) is 19.7 Å². The lowest BCUT2D eigenvalue weighted by molar-refractivity contribution is -0.140. The van der Waals surface area contributed by atoms with E-state index in [9.17, 15) is 19.1 Å². The van der Waals surface area contributed by atoms with Crippen molar-refractivity contribution in [2.24, 2.45) is 7.05 Å². The molecule has 3 aromatic rings. The van der Waals surface area contributed by atoms with Crippen molar-refractivity contribution in [3.05, 3.63) is 88.3 Å². The standard InChI is InChI=1S/C23H21FN4O3/c1-13-18(14(2)27(3)26-13)21(29)19-20(16-7-4-8-17(24)10-16)28(23(31)22(19)30)12-15-6-5-9-25-11-15/h4-11,20,29H,12H2,1-3H3/b21-19+. The Bertz CT molecular complexity index is 1220. The molecular weight excluding hydrogens is 399 g/mol. The van der Waals surface area contributed by atoms with E-state index in [1.54, 1.807) is 56.2 Å². The summed E-state index contributed by atoms with van der Waals surface area (Å²) in [7, 11) is 1.73. The van der Waals surface area contributed by atoms with Gasteiger partial charge in [-0.2, -0.15) is 5.10 Å². The minimum absolute atomic E-state index is 0.0845. The third-order valence-electron chi connectivity index (χ3n) is 5.53. The first-order chi connectivity index (χ1) is 14.8. The molecule has 1 saturated heterocycles. The number of rotatable bonds is 4. The molecule has 1 unspecified atom stereocenters. The predicted octanol–water partition coefficient (Wildman–Crippen LogP) is 3.19. The molecule has 1 fully saturated rings. The molecule has 1 amide bonds. The van der Waals surface area contributed by atoms with Crippen LogP contribution in [0.4, 0.5) is 4.39 Å². The molecule has 0 radical (unpaired) electrons. The maximum absolute atomic E-state index is 14.1. The number of aliphatic hydroxyl groups is 1. The molecule has 1 aliphatic heterocycles. The monoisotopic (exact) mass is 420 g/mol. The van der Waals surface area contributed by atoms with Crippen molar-refractivity contribution in [1.82, 2.24) is 19.7 Å². The highest BCUT2D eigenvalue weighted by Gasteiger charge is 2.46. The van der Waals surface area contributed by atoms with E-state index in [2.05, 4.69) is 10.1 Å². The Kier molecular flexibility index (Phi) is 5.14. The molecule has 3 heterocycles. The smallest absolute Gasteiger partial charge is 0.295 e. The van der Waals surface area contributed by atoms with Gasteiger partial charge in [-0.3, -0.25) is 19.3 Å². The number of benzene rings is 1. The number of Topliss-reactive ketones (excluding diaryl/α,β-unsaturated/α-hetero) is 1. The van der Waals surface area contributed by atoms with Crippen LogP contribution in [0.2, 0.25) is 0 Å². The summed E-state index contributed by atoms with van der Waals surface area (Å²) in [4.78, 5) is 31.5. The number of carbonyl (C=O) groups excluding carboxylic acids is 2. The van der Waals surface area contributed by atoms with Crippen LogP contribution in [0.15, 0.2) is 54.4 Å². The fourth-order valence-electron chi connectivity index (χ4n) is 4.01. The Morgan fingerprint density at radius 2 is 1.97 bits per heavy atom. The third-order valence-corrected chi connectivity index (χ3v) is 5.53. The van der Waals surface area contributed by atoms with Gasteiger partial charge in [-0.05, 0) is 43.2 Å². The molecular formula is C23H21FN4O3. The number of likely N-dealkylation sites (tertiary alicyclic amines) is 1. The quantitative estimate of drug-likeness (QED) is 0.398. The third kappa shape index (κ3) is 3.50. The van der Waals surface area contributed by atoms with Crippen LogP contribution in [-0.4, -0.2) is 36.5 Å². The molecule has 1 aromatic carbocycles. The van der Waals surface area contributed by atoms with E-state index >= 15 is 0 Å². The lowest BCUT2D eigenvalue weighted by Crippen LogP contribution is -2.29. The molecule has 0 saturated carbocycles. The zero-order valence-corrected chi connectivity index (χ0v) is 17.3. The second-order valence-electron chi connectivity index (χ2n) is 7.51. The average molecular weight is 420 g/mol. The average Bonchev–Trinajstić information content (AvgIpc) is 3.14. The lowest BCUT2D eigenvalue weighted by atomic mass is 9.94. The Labute approximate surface area is 178 Å². The van der Waals surface area contributed by atoms with Crippen LogP contribution in [-0.2, 0) is 23.2 Å². The number of hydrogen-bond donors (Lipinski definition) is 1. The number of halogens is 1. The van der Waals surface area contributed by atoms with Gasteiger partial charge in [0.05, 0.1) is 22.9 Å². The van der Waals surface area contributed by atoms with Gasteiger partial charge in [-0.1, -0.05) is 18.2 Å². The number of amides is 1. The van der Waals surface area contributed by atoms with E-state index in [-0.39, 0.29) is 17.9 Å². The van der Waals surface area contributed by atoms with E-state index in [4.69, 9.17) is 0 Å². The second kappa shape index (κ2) is 7.79. The lowest BCUT2D eigenvalue weighted by Gasteiger charge is -2.25. The van der Waals surface area contributed by atoms with Crippen LogP contribution in [0.5, 0.6) is 0 Å². The molecule has 0 aliphatic carbocycles. The van der Waals surface area contributed by atoms with Gasteiger partial charge in [-0.15, -0.1) is 0 Å². The van der Waals surface area contributed by atoms with E-state index in [0.717, 1.165) is 0 Å². The van der Waals surface area contributed by atoms with Crippen LogP contribution in [0.1, 0.15) is 34.1 Å². The van der Waals surface area contributed by atoms with E-state index < -0.39 is 23.5 Å². The first kappa shape index (κ1) is 20.5. The van der Waals surface area contributed by atoms with Crippen molar-refractivity contribution in [2.45, 2.75) is 26.4 Å². The number of aliphatic hydroxyl groups excluding tert-OH is 1. The molecule has 4 rings (SSSR count). The number of pyridine rings is 1. The van der Waals surface area contributed by atoms with Crippen molar-refractivity contribution in [1.29, 1.82) is 0 Å². The Morgan fingerprint density at radius 1 is 1.19 bits per heavy atom. The van der Waals surface area contributed by atoms with Gasteiger partial charge in [-0.25, -0.2) is 4.39 Å². The summed E-state index contributed by atoms with van der Waals surface area (Å²) >= 11 is 0. The highest BCUT2D eigenvalue weighted by atomic mass is 19.1. The van der Waals surface area contributed by atoms with Crippen molar-refractivity contribution in [2.75, 3.05) is 0 Å². The molecule has 31 heavy (non-hydrogen) atoms. The van der Waals surface area contributed by atoms with Gasteiger partial charge >= 0.3 is 0 Å². The number of hydrogen-bond acceptors (Lipinski definition) is 5. The Hall–Kier alpha value is -3.81. The predicted molar refractivity (Wildman–Crippen MR) is 111 cm³/mol. The second-order valence-corrected chi connectivity index (χ2v) is 7.51. The normalized spacial score (nSPS) is 18.1. The van der Waals surface area contributed by atoms with Crippen molar-refractivity contribution in [3.63, 3.8) is 0 Å². The number of carbonyl (C=O) groups is 2. The van der Waals surface area contributed by atoms with Crippen LogP contribution in [0.3, 0.4) is 0 Å². The number of nitrogens with zero attached hydrogens (tertiary/aromatic N) is 4. The maximum Gasteiger partial charge on any atom is 0.295 e. The molecule has 1 atom stereocenters. The van der Waals surface area contributed by atoms with E-state index in [1.807, 2.05) is 0 Å². The summed E-state index contributed by atoms with van der Waals surface area (Å²) in [5.41, 5.74) is 2.57. The molecule has 0 bridgehead atoms. The summed E-state index contributed by atoms with van der Waals surface area (Å²) in [5.74, 6) is -2.40. The summed E-state index contributed by atoms with van der Waals surface area (Å²) < 4.78 is 15.7. The zero-order valence-electron chi connectivity index (χ0n) is 17.3. The first-order valence-corrected chi connectivity index (χ1v) is 9.73. The molecule has 7 nitrogen and oxygen atoms in total. The summed E-state index contributed by atoms with van der Waals surface area (Å²) in [5, 5.41) is 15.5. The summed E-state index contributed by atoms with van der Waals surface area (Å²) in [6.45, 7) is 3.56. The van der Waals surface area contributed by atoms with Crippen LogP contribution >= 0.6 is 0 Å². The summed E-state index contributed by atoms with van der Waals surface area (Å²) in [6.07, 6.45) is 3.20. The first-order valence-electron chi connectivity index (χ1n) is 9.73. The molecule has 1 N–H and O–H groups in total. The van der Waals surface area contributed by atoms with Gasteiger partial charge in [0.2, 0.25) is 0 Å². The molecule has 0 spiro atoms. The minimum atomic E-state index is -0.949. The topological polar surface area (TPSA) is 88.3 Å². The highest BCUT2D eigenvalue weighted by molar-refractivity contribution is 6.46. The van der Waals surface area contributed by atoms with E-state index in [0.29, 0.717) is 28.1 Å². The van der Waals surface area contributed by atoms with E-state index in [1.165, 1.54) is 23.1 Å². The highest BCUT2D eigenvalue weighted by Crippen LogP contribution is 2.41. The molecule has 8 heteroatoms. The largest absolute Gasteiger partial charge is 0.507 e. The van der Waals surface area contributed by atoms with Crippen molar-refractivity contribution >= 4 is 17.4 Å². The molecule has 1 aliphatic rings. The number of aryl methyl sites for hydroxylation is 2. The Morgan fingerprint density at radius 3 is 2.58 bits per heavy atom. The van der Waals surface area contributed by atoms with Crippen molar-refractivity contribution in [3.8, 4) is 0 Å². The van der Waals surface area contributed by atoms with Crippen LogP contribution in [0.25, 0.3) is 5.76 Å². The van der Waals surface area contributed by atoms with Gasteiger partial charge in [0.1, 0.15) is 11.6 Å². The van der Waals surface area contributed by atoms with Crippen LogP contribution < -0.4 is 0 Å². The zero-order chi connectivity index (χ0) is 22.3. The fourth-order valence-corrected chi connectivity index (χ4v) is 4.01. The fraction of sp³-hybridized carbons (Fsp3) is 0.217. The van der Waals surface area contributed by atoms with Crippen molar-refractivity contribution < 1.29 is 19.1 Å². The molecule has 158 valence electrons. The number of ketones is 1. The summed E-state index contributed by atoms with van der Waals surface area (Å²) in [6, 6.07) is 8.25.